The van der Waals surface area contributed by atoms with Crippen molar-refractivity contribution < 1.29 is 9.84 Å². The topological polar surface area (TPSA) is 97.1 Å². The van der Waals surface area contributed by atoms with Gasteiger partial charge in [0.2, 0.25) is 11.8 Å². The molecule has 27 heavy (non-hydrogen) atoms. The summed E-state index contributed by atoms with van der Waals surface area (Å²) in [5.74, 6) is 0.0659. The van der Waals surface area contributed by atoms with E-state index < -0.39 is 5.92 Å². The fourth-order valence-corrected chi connectivity index (χ4v) is 3.52. The summed E-state index contributed by atoms with van der Waals surface area (Å²) >= 11 is 6.11. The second-order valence-electron chi connectivity index (χ2n) is 6.22. The predicted octanol–water partition coefficient (Wildman–Crippen LogP) is 3.76. The van der Waals surface area contributed by atoms with Gasteiger partial charge < -0.3 is 15.6 Å². The highest BCUT2D eigenvalue weighted by Crippen LogP contribution is 2.45. The number of hydrogen-bond acceptors (Lipinski definition) is 5. The number of fused-ring (bicyclic) bond motifs is 1. The van der Waals surface area contributed by atoms with Crippen LogP contribution in [0, 0.1) is 18.3 Å². The SMILES string of the molecule is Cc1nn(-c2cccc(Cl)c2)c2c1C(c1cccc(O)c1)C(C#N)=C(N)O2. The van der Waals surface area contributed by atoms with Gasteiger partial charge in [0, 0.05) is 5.02 Å². The number of halogens is 1. The summed E-state index contributed by atoms with van der Waals surface area (Å²) < 4.78 is 7.41. The van der Waals surface area contributed by atoms with E-state index in [-0.39, 0.29) is 17.2 Å². The third kappa shape index (κ3) is 2.78. The van der Waals surface area contributed by atoms with Gasteiger partial charge in [0.1, 0.15) is 17.4 Å². The average molecular weight is 379 g/mol. The molecule has 3 N–H and O–H groups in total. The minimum atomic E-state index is -0.487. The number of nitrogens with two attached hydrogens (primary N) is 1. The zero-order valence-corrected chi connectivity index (χ0v) is 15.1. The first-order valence-corrected chi connectivity index (χ1v) is 8.59. The molecule has 2 heterocycles. The summed E-state index contributed by atoms with van der Waals surface area (Å²) in [6.45, 7) is 1.84. The van der Waals surface area contributed by atoms with Crippen molar-refractivity contribution in [1.82, 2.24) is 9.78 Å². The van der Waals surface area contributed by atoms with E-state index in [1.165, 1.54) is 0 Å². The molecule has 1 aliphatic heterocycles. The summed E-state index contributed by atoms with van der Waals surface area (Å²) in [4.78, 5) is 0. The lowest BCUT2D eigenvalue weighted by Gasteiger charge is -2.25. The van der Waals surface area contributed by atoms with Gasteiger partial charge in [0.15, 0.2) is 0 Å². The Labute approximate surface area is 160 Å². The molecule has 0 radical (unpaired) electrons. The number of aryl methyl sites for hydroxylation is 1. The largest absolute Gasteiger partial charge is 0.508 e. The lowest BCUT2D eigenvalue weighted by Crippen LogP contribution is -2.22. The van der Waals surface area contributed by atoms with Gasteiger partial charge >= 0.3 is 0 Å². The van der Waals surface area contributed by atoms with Crippen LogP contribution in [0.4, 0.5) is 0 Å². The van der Waals surface area contributed by atoms with E-state index in [0.29, 0.717) is 16.6 Å². The van der Waals surface area contributed by atoms with E-state index in [2.05, 4.69) is 11.2 Å². The van der Waals surface area contributed by atoms with E-state index in [1.807, 2.05) is 25.1 Å². The van der Waals surface area contributed by atoms with Crippen LogP contribution in [0.5, 0.6) is 11.6 Å². The first-order valence-electron chi connectivity index (χ1n) is 8.21. The summed E-state index contributed by atoms with van der Waals surface area (Å²) in [6.07, 6.45) is 0. The Morgan fingerprint density at radius 3 is 2.74 bits per heavy atom. The maximum absolute atomic E-state index is 9.90. The van der Waals surface area contributed by atoms with Crippen LogP contribution in [0.15, 0.2) is 60.0 Å². The molecule has 0 saturated heterocycles. The number of benzene rings is 2. The lowest BCUT2D eigenvalue weighted by atomic mass is 9.84. The lowest BCUT2D eigenvalue weighted by molar-refractivity contribution is 0.367. The number of phenols is 1. The van der Waals surface area contributed by atoms with E-state index >= 15 is 0 Å². The van der Waals surface area contributed by atoms with Gasteiger partial charge in [0.25, 0.3) is 0 Å². The van der Waals surface area contributed by atoms with E-state index in [1.54, 1.807) is 35.0 Å². The second kappa shape index (κ2) is 6.38. The number of nitriles is 1. The number of aromatic nitrogens is 2. The molecule has 0 aliphatic carbocycles. The Hall–Kier alpha value is -3.43. The average Bonchev–Trinajstić information content (AvgIpc) is 2.96. The number of hydrogen-bond donors (Lipinski definition) is 2. The molecule has 6 nitrogen and oxygen atoms in total. The molecule has 3 aromatic rings. The van der Waals surface area contributed by atoms with E-state index in [9.17, 15) is 10.4 Å². The van der Waals surface area contributed by atoms with Crippen molar-refractivity contribution in [3.05, 3.63) is 81.8 Å². The molecule has 0 fully saturated rings. The predicted molar refractivity (Wildman–Crippen MR) is 101 cm³/mol. The summed E-state index contributed by atoms with van der Waals surface area (Å²) in [6, 6.07) is 16.1. The highest BCUT2D eigenvalue weighted by molar-refractivity contribution is 6.30. The molecular formula is C20H15ClN4O2. The van der Waals surface area contributed by atoms with Crippen molar-refractivity contribution in [3.63, 3.8) is 0 Å². The third-order valence-electron chi connectivity index (χ3n) is 4.49. The van der Waals surface area contributed by atoms with Gasteiger partial charge in [-0.2, -0.15) is 10.4 Å². The van der Waals surface area contributed by atoms with Crippen LogP contribution >= 0.6 is 11.6 Å². The van der Waals surface area contributed by atoms with Crippen molar-refractivity contribution in [2.45, 2.75) is 12.8 Å². The van der Waals surface area contributed by atoms with Gasteiger partial charge in [-0.15, -0.1) is 0 Å². The fourth-order valence-electron chi connectivity index (χ4n) is 3.33. The first kappa shape index (κ1) is 17.0. The van der Waals surface area contributed by atoms with Crippen LogP contribution in [0.3, 0.4) is 0 Å². The zero-order chi connectivity index (χ0) is 19.1. The molecule has 134 valence electrons. The molecule has 0 saturated carbocycles. The van der Waals surface area contributed by atoms with Crippen LogP contribution in [-0.4, -0.2) is 14.9 Å². The molecule has 1 atom stereocenters. The number of allylic oxidation sites excluding steroid dienone is 1. The maximum Gasteiger partial charge on any atom is 0.229 e. The van der Waals surface area contributed by atoms with Crippen LogP contribution in [0.2, 0.25) is 5.02 Å². The summed E-state index contributed by atoms with van der Waals surface area (Å²) in [5, 5.41) is 24.7. The fraction of sp³-hybridized carbons (Fsp3) is 0.100. The monoisotopic (exact) mass is 378 g/mol. The smallest absolute Gasteiger partial charge is 0.229 e. The van der Waals surface area contributed by atoms with Gasteiger partial charge in [-0.1, -0.05) is 29.8 Å². The summed E-state index contributed by atoms with van der Waals surface area (Å²) in [7, 11) is 0. The molecule has 0 bridgehead atoms. The second-order valence-corrected chi connectivity index (χ2v) is 6.65. The Bertz CT molecular complexity index is 1130. The normalized spacial score (nSPS) is 15.8. The highest BCUT2D eigenvalue weighted by Gasteiger charge is 2.36. The maximum atomic E-state index is 9.90. The molecule has 4 rings (SSSR count). The Morgan fingerprint density at radius 2 is 2.04 bits per heavy atom. The molecule has 1 aromatic heterocycles. The Balaban J connectivity index is 1.97. The number of rotatable bonds is 2. The number of aromatic hydroxyl groups is 1. The molecule has 0 spiro atoms. The van der Waals surface area contributed by atoms with Crippen molar-refractivity contribution in [2.24, 2.45) is 5.73 Å². The van der Waals surface area contributed by atoms with E-state index in [4.69, 9.17) is 22.1 Å². The highest BCUT2D eigenvalue weighted by atomic mass is 35.5. The van der Waals surface area contributed by atoms with Gasteiger partial charge in [-0.3, -0.25) is 0 Å². The minimum Gasteiger partial charge on any atom is -0.508 e. The van der Waals surface area contributed by atoms with Gasteiger partial charge in [-0.25, -0.2) is 4.68 Å². The van der Waals surface area contributed by atoms with Gasteiger partial charge in [-0.05, 0) is 42.8 Å². The Morgan fingerprint density at radius 1 is 1.26 bits per heavy atom. The van der Waals surface area contributed by atoms with Crippen LogP contribution in [-0.2, 0) is 0 Å². The van der Waals surface area contributed by atoms with Crippen molar-refractivity contribution in [1.29, 1.82) is 5.26 Å². The molecule has 2 aromatic carbocycles. The van der Waals surface area contributed by atoms with Crippen molar-refractivity contribution >= 4 is 11.6 Å². The molecule has 1 unspecified atom stereocenters. The summed E-state index contributed by atoms with van der Waals surface area (Å²) in [5.41, 5.74) is 9.21. The van der Waals surface area contributed by atoms with Crippen molar-refractivity contribution in [2.75, 3.05) is 0 Å². The van der Waals surface area contributed by atoms with Crippen LogP contribution in [0.25, 0.3) is 5.69 Å². The quantitative estimate of drug-likeness (QED) is 0.707. The van der Waals surface area contributed by atoms with Crippen LogP contribution < -0.4 is 10.5 Å². The Kier molecular flexibility index (Phi) is 4.02. The zero-order valence-electron chi connectivity index (χ0n) is 14.3. The molecule has 0 amide bonds. The molecular weight excluding hydrogens is 364 g/mol. The van der Waals surface area contributed by atoms with E-state index in [0.717, 1.165) is 16.8 Å². The minimum absolute atomic E-state index is 0.0153. The van der Waals surface area contributed by atoms with Crippen molar-refractivity contribution in [3.8, 4) is 23.4 Å². The van der Waals surface area contributed by atoms with Crippen LogP contribution in [0.1, 0.15) is 22.7 Å². The first-order chi connectivity index (χ1) is 13.0. The van der Waals surface area contributed by atoms with Gasteiger partial charge in [0.05, 0.1) is 22.9 Å². The number of phenolic OH excluding ortho intramolecular Hbond substituents is 1. The number of nitrogens with zero attached hydrogens (tertiary/aromatic N) is 3. The standard InChI is InChI=1S/C20H15ClN4O2/c1-11-17-18(12-4-2-7-15(26)8-12)16(10-22)19(23)27-20(17)25(24-11)14-6-3-5-13(21)9-14/h2-9,18,26H,23H2,1H3. The number of ether oxygens (including phenoxy) is 1. The third-order valence-corrected chi connectivity index (χ3v) is 4.72. The molecule has 1 aliphatic rings. The molecule has 7 heteroatoms.